The van der Waals surface area contributed by atoms with Gasteiger partial charge in [-0.1, -0.05) is 26.0 Å². The number of hydrogen-bond acceptors (Lipinski definition) is 7. The topological polar surface area (TPSA) is 94.9 Å². The standard InChI is InChI=1S/C28H42N4O5/c1-11-36-25(33)22(17-31(8)9)24-23(28(6,7)18-29-26(34)37-27(3,4)5)19(2)32(30-24)16-20-12-14-21(35-10)15-13-20/h12-15,17H,11,16,18H2,1-10H3,(H,29,34)/b22-17-. The van der Waals surface area contributed by atoms with E-state index in [0.29, 0.717) is 17.8 Å². The second-order valence-corrected chi connectivity index (χ2v) is 10.8. The summed E-state index contributed by atoms with van der Waals surface area (Å²) in [6, 6.07) is 7.77. The monoisotopic (exact) mass is 514 g/mol. The third-order valence-electron chi connectivity index (χ3n) is 5.59. The van der Waals surface area contributed by atoms with Crippen LogP contribution in [0, 0.1) is 6.92 Å². The Balaban J connectivity index is 2.58. The zero-order valence-electron chi connectivity index (χ0n) is 23.9. The summed E-state index contributed by atoms with van der Waals surface area (Å²) in [7, 11) is 5.32. The first kappa shape index (κ1) is 29.7. The number of benzene rings is 1. The van der Waals surface area contributed by atoms with E-state index in [1.54, 1.807) is 25.1 Å². The van der Waals surface area contributed by atoms with Crippen LogP contribution in [0.15, 0.2) is 30.5 Å². The van der Waals surface area contributed by atoms with Gasteiger partial charge in [0.1, 0.15) is 22.6 Å². The molecule has 0 aliphatic heterocycles. The fourth-order valence-corrected chi connectivity index (χ4v) is 3.98. The van der Waals surface area contributed by atoms with Crippen LogP contribution in [0.25, 0.3) is 5.57 Å². The average molecular weight is 515 g/mol. The van der Waals surface area contributed by atoms with E-state index < -0.39 is 23.1 Å². The van der Waals surface area contributed by atoms with Crippen molar-refractivity contribution in [3.63, 3.8) is 0 Å². The molecule has 9 nitrogen and oxygen atoms in total. The van der Waals surface area contributed by atoms with Gasteiger partial charge in [-0.15, -0.1) is 0 Å². The van der Waals surface area contributed by atoms with E-state index in [1.165, 1.54) is 0 Å². The number of nitrogens with zero attached hydrogens (tertiary/aromatic N) is 3. The zero-order valence-corrected chi connectivity index (χ0v) is 23.9. The van der Waals surface area contributed by atoms with Crippen LogP contribution in [0.2, 0.25) is 0 Å². The van der Waals surface area contributed by atoms with Gasteiger partial charge in [-0.3, -0.25) is 4.68 Å². The number of carbonyl (C=O) groups is 2. The molecule has 0 bridgehead atoms. The molecule has 0 saturated carbocycles. The summed E-state index contributed by atoms with van der Waals surface area (Å²) in [6.45, 7) is 14.2. The molecule has 0 fully saturated rings. The second kappa shape index (κ2) is 12.2. The minimum absolute atomic E-state index is 0.244. The van der Waals surface area contributed by atoms with Gasteiger partial charge >= 0.3 is 12.1 Å². The SMILES string of the molecule is CCOC(=O)/C(=C\N(C)C)c1nn(Cc2ccc(OC)cc2)c(C)c1C(C)(C)CNC(=O)OC(C)(C)C. The Kier molecular flexibility index (Phi) is 9.78. The zero-order chi connectivity index (χ0) is 28.0. The van der Waals surface area contributed by atoms with Crippen molar-refractivity contribution in [1.82, 2.24) is 20.0 Å². The number of carbonyl (C=O) groups excluding carboxylic acids is 2. The van der Waals surface area contributed by atoms with Crippen molar-refractivity contribution in [3.8, 4) is 5.75 Å². The molecule has 0 atom stereocenters. The van der Waals surface area contributed by atoms with Gasteiger partial charge in [0, 0.05) is 43.5 Å². The maximum Gasteiger partial charge on any atom is 0.407 e. The molecular weight excluding hydrogens is 472 g/mol. The Bertz CT molecular complexity index is 1110. The molecule has 0 spiro atoms. The number of methoxy groups -OCH3 is 1. The number of aromatic nitrogens is 2. The smallest absolute Gasteiger partial charge is 0.407 e. The molecule has 0 aliphatic rings. The van der Waals surface area contributed by atoms with Crippen LogP contribution in [0.1, 0.15) is 64.1 Å². The van der Waals surface area contributed by atoms with Gasteiger partial charge in [0.25, 0.3) is 0 Å². The fraction of sp³-hybridized carbons (Fsp3) is 0.536. The Labute approximate surface area is 220 Å². The Morgan fingerprint density at radius 3 is 2.24 bits per heavy atom. The van der Waals surface area contributed by atoms with Crippen molar-refractivity contribution in [2.24, 2.45) is 0 Å². The molecule has 0 unspecified atom stereocenters. The summed E-state index contributed by atoms with van der Waals surface area (Å²) in [5, 5.41) is 7.78. The van der Waals surface area contributed by atoms with Gasteiger partial charge in [0.15, 0.2) is 0 Å². The lowest BCUT2D eigenvalue weighted by Crippen LogP contribution is -2.40. The fourth-order valence-electron chi connectivity index (χ4n) is 3.98. The molecule has 1 aromatic carbocycles. The van der Waals surface area contributed by atoms with E-state index in [4.69, 9.17) is 19.3 Å². The van der Waals surface area contributed by atoms with E-state index in [0.717, 1.165) is 22.6 Å². The first-order valence-electron chi connectivity index (χ1n) is 12.4. The number of hydrogen-bond donors (Lipinski definition) is 1. The molecule has 0 aliphatic carbocycles. The van der Waals surface area contributed by atoms with Crippen LogP contribution in [0.4, 0.5) is 4.79 Å². The lowest BCUT2D eigenvalue weighted by Gasteiger charge is -2.28. The van der Waals surface area contributed by atoms with E-state index in [1.807, 2.05) is 84.6 Å². The summed E-state index contributed by atoms with van der Waals surface area (Å²) in [4.78, 5) is 27.3. The molecule has 37 heavy (non-hydrogen) atoms. The molecular formula is C28H42N4O5. The maximum absolute atomic E-state index is 13.1. The third-order valence-corrected chi connectivity index (χ3v) is 5.59. The number of alkyl carbamates (subject to hydrolysis) is 1. The van der Waals surface area contributed by atoms with Crippen molar-refractivity contribution in [2.45, 2.75) is 66.0 Å². The van der Waals surface area contributed by atoms with Gasteiger partial charge < -0.3 is 24.4 Å². The molecule has 9 heteroatoms. The van der Waals surface area contributed by atoms with Crippen LogP contribution in [0.5, 0.6) is 5.75 Å². The minimum Gasteiger partial charge on any atom is -0.497 e. The molecule has 1 heterocycles. The lowest BCUT2D eigenvalue weighted by molar-refractivity contribution is -0.136. The highest BCUT2D eigenvalue weighted by Crippen LogP contribution is 2.34. The van der Waals surface area contributed by atoms with Crippen LogP contribution in [-0.4, -0.2) is 66.7 Å². The molecule has 1 N–H and O–H groups in total. The van der Waals surface area contributed by atoms with E-state index in [2.05, 4.69) is 5.32 Å². The predicted molar refractivity (Wildman–Crippen MR) is 145 cm³/mol. The van der Waals surface area contributed by atoms with E-state index >= 15 is 0 Å². The summed E-state index contributed by atoms with van der Waals surface area (Å²) in [6.07, 6.45) is 1.22. The number of rotatable bonds is 10. The molecule has 0 saturated heterocycles. The van der Waals surface area contributed by atoms with Crippen molar-refractivity contribution in [3.05, 3.63) is 53.0 Å². The van der Waals surface area contributed by atoms with Gasteiger partial charge in [-0.2, -0.15) is 5.10 Å². The first-order chi connectivity index (χ1) is 17.2. The number of ether oxygens (including phenoxy) is 3. The minimum atomic E-state index is -0.607. The maximum atomic E-state index is 13.1. The van der Waals surface area contributed by atoms with Crippen LogP contribution < -0.4 is 10.1 Å². The predicted octanol–water partition coefficient (Wildman–Crippen LogP) is 4.52. The molecule has 204 valence electrons. The number of nitrogens with one attached hydrogen (secondary N) is 1. The molecule has 2 aromatic rings. The van der Waals surface area contributed by atoms with Gasteiger partial charge in [0.2, 0.25) is 0 Å². The Hall–Kier alpha value is -3.49. The van der Waals surface area contributed by atoms with Crippen LogP contribution in [0.3, 0.4) is 0 Å². The molecule has 1 aromatic heterocycles. The van der Waals surface area contributed by atoms with Crippen LogP contribution >= 0.6 is 0 Å². The third kappa shape index (κ3) is 8.27. The van der Waals surface area contributed by atoms with Gasteiger partial charge in [-0.25, -0.2) is 9.59 Å². The molecule has 0 radical (unpaired) electrons. The lowest BCUT2D eigenvalue weighted by atomic mass is 9.81. The highest BCUT2D eigenvalue weighted by Gasteiger charge is 2.34. The summed E-state index contributed by atoms with van der Waals surface area (Å²) in [5.74, 6) is 0.317. The summed E-state index contributed by atoms with van der Waals surface area (Å²) >= 11 is 0. The van der Waals surface area contributed by atoms with Gasteiger partial charge in [-0.05, 0) is 52.3 Å². The Morgan fingerprint density at radius 1 is 1.11 bits per heavy atom. The number of esters is 1. The molecule has 2 rings (SSSR count). The van der Waals surface area contributed by atoms with E-state index in [9.17, 15) is 9.59 Å². The quantitative estimate of drug-likeness (QED) is 0.368. The van der Waals surface area contributed by atoms with E-state index in [-0.39, 0.29) is 13.2 Å². The van der Waals surface area contributed by atoms with Crippen molar-refractivity contribution in [2.75, 3.05) is 34.4 Å². The highest BCUT2D eigenvalue weighted by molar-refractivity contribution is 6.16. The second-order valence-electron chi connectivity index (χ2n) is 10.8. The Morgan fingerprint density at radius 2 is 1.73 bits per heavy atom. The summed E-state index contributed by atoms with van der Waals surface area (Å²) in [5.41, 5.74) is 2.44. The van der Waals surface area contributed by atoms with Crippen LogP contribution in [-0.2, 0) is 26.2 Å². The van der Waals surface area contributed by atoms with Crippen molar-refractivity contribution in [1.29, 1.82) is 0 Å². The average Bonchev–Trinajstić information content (AvgIpc) is 3.12. The van der Waals surface area contributed by atoms with Crippen molar-refractivity contribution < 1.29 is 23.8 Å². The van der Waals surface area contributed by atoms with Gasteiger partial charge in [0.05, 0.1) is 20.3 Å². The molecule has 1 amide bonds. The van der Waals surface area contributed by atoms with Crippen molar-refractivity contribution >= 4 is 17.6 Å². The largest absolute Gasteiger partial charge is 0.497 e. The first-order valence-corrected chi connectivity index (χ1v) is 12.4. The normalized spacial score (nSPS) is 12.2. The summed E-state index contributed by atoms with van der Waals surface area (Å²) < 4.78 is 18.0. The highest BCUT2D eigenvalue weighted by atomic mass is 16.6. The number of amides is 1.